The Morgan fingerprint density at radius 1 is 1.33 bits per heavy atom. The summed E-state index contributed by atoms with van der Waals surface area (Å²) >= 11 is 6.00. The topological polar surface area (TPSA) is 83.6 Å². The van der Waals surface area contributed by atoms with Gasteiger partial charge in [0.1, 0.15) is 17.3 Å². The molecule has 18 heavy (non-hydrogen) atoms. The maximum atomic E-state index is 11.9. The molecule has 0 fully saturated rings. The molecular weight excluding hydrogens is 254 g/mol. The number of amides is 1. The van der Waals surface area contributed by atoms with Crippen LogP contribution in [0.4, 0.5) is 5.82 Å². The summed E-state index contributed by atoms with van der Waals surface area (Å²) in [6.45, 7) is 1.87. The first-order chi connectivity index (χ1) is 8.66. The molecule has 2 aromatic rings. The van der Waals surface area contributed by atoms with Crippen LogP contribution in [0.1, 0.15) is 17.0 Å². The van der Waals surface area contributed by atoms with Crippen molar-refractivity contribution < 1.29 is 4.79 Å². The zero-order chi connectivity index (χ0) is 12.7. The van der Waals surface area contributed by atoms with Crippen LogP contribution in [0.3, 0.4) is 0 Å². The van der Waals surface area contributed by atoms with E-state index in [-0.39, 0.29) is 11.1 Å². The van der Waals surface area contributed by atoms with Crippen molar-refractivity contribution in [2.45, 2.75) is 6.92 Å². The molecule has 0 saturated heterocycles. The first-order valence-corrected chi connectivity index (χ1v) is 5.58. The van der Waals surface area contributed by atoms with Crippen LogP contribution in [0.15, 0.2) is 12.7 Å². The predicted molar refractivity (Wildman–Crippen MR) is 66.9 cm³/mol. The summed E-state index contributed by atoms with van der Waals surface area (Å²) in [4.78, 5) is 26.8. The summed E-state index contributed by atoms with van der Waals surface area (Å²) in [6, 6.07) is 0. The Morgan fingerprint density at radius 2 is 2.17 bits per heavy atom. The fourth-order valence-electron chi connectivity index (χ4n) is 1.78. The van der Waals surface area contributed by atoms with E-state index < -0.39 is 0 Å². The molecule has 1 amide bonds. The van der Waals surface area contributed by atoms with Crippen LogP contribution in [0.2, 0.25) is 5.15 Å². The molecule has 1 aliphatic heterocycles. The molecule has 0 saturated carbocycles. The van der Waals surface area contributed by atoms with E-state index in [1.165, 1.54) is 6.33 Å². The van der Waals surface area contributed by atoms with Crippen molar-refractivity contribution in [1.29, 1.82) is 0 Å². The van der Waals surface area contributed by atoms with Gasteiger partial charge in [-0.25, -0.2) is 15.0 Å². The van der Waals surface area contributed by atoms with Crippen LogP contribution < -0.4 is 5.32 Å². The largest absolute Gasteiger partial charge is 0.348 e. The molecule has 0 spiro atoms. The average molecular weight is 262 g/mol. The molecule has 3 heterocycles. The highest BCUT2D eigenvalue weighted by molar-refractivity contribution is 6.40. The third-order valence-corrected chi connectivity index (χ3v) is 2.98. The number of aromatic amines is 1. The number of hydrogen-bond acceptors (Lipinski definition) is 4. The highest BCUT2D eigenvalue weighted by Gasteiger charge is 2.28. The molecule has 2 N–H and O–H groups in total. The highest BCUT2D eigenvalue weighted by Crippen LogP contribution is 2.35. The Bertz CT molecular complexity index is 676. The summed E-state index contributed by atoms with van der Waals surface area (Å²) in [5, 5.41) is 2.89. The van der Waals surface area contributed by atoms with E-state index in [1.54, 1.807) is 12.4 Å². The van der Waals surface area contributed by atoms with Gasteiger partial charge in [-0.2, -0.15) is 0 Å². The second kappa shape index (κ2) is 3.92. The van der Waals surface area contributed by atoms with Crippen molar-refractivity contribution in [3.8, 4) is 0 Å². The molecule has 2 aromatic heterocycles. The van der Waals surface area contributed by atoms with Gasteiger partial charge in [0.05, 0.1) is 23.2 Å². The van der Waals surface area contributed by atoms with Crippen LogP contribution in [-0.4, -0.2) is 25.8 Å². The fourth-order valence-corrected chi connectivity index (χ4v) is 2.01. The Labute approximate surface area is 107 Å². The molecule has 0 aliphatic carbocycles. The maximum Gasteiger partial charge on any atom is 0.257 e. The fraction of sp³-hybridized carbons (Fsp3) is 0.0909. The summed E-state index contributed by atoms with van der Waals surface area (Å²) in [6.07, 6.45) is 4.55. The van der Waals surface area contributed by atoms with Crippen molar-refractivity contribution in [1.82, 2.24) is 19.9 Å². The molecule has 3 rings (SSSR count). The number of aryl methyl sites for hydroxylation is 1. The molecule has 0 atom stereocenters. The van der Waals surface area contributed by atoms with Gasteiger partial charge in [-0.15, -0.1) is 0 Å². The first kappa shape index (κ1) is 10.9. The molecular formula is C11H8ClN5O. The number of imidazole rings is 1. The van der Waals surface area contributed by atoms with Crippen LogP contribution in [0.25, 0.3) is 11.6 Å². The van der Waals surface area contributed by atoms with Gasteiger partial charge in [-0.05, 0) is 13.0 Å². The van der Waals surface area contributed by atoms with E-state index in [0.717, 1.165) is 5.69 Å². The van der Waals surface area contributed by atoms with Crippen molar-refractivity contribution in [3.05, 3.63) is 34.8 Å². The van der Waals surface area contributed by atoms with Crippen molar-refractivity contribution in [2.24, 2.45) is 0 Å². The van der Waals surface area contributed by atoms with E-state index in [9.17, 15) is 4.79 Å². The van der Waals surface area contributed by atoms with Crippen LogP contribution >= 0.6 is 11.6 Å². The number of carbonyl (C=O) groups is 1. The van der Waals surface area contributed by atoms with Crippen LogP contribution in [0.5, 0.6) is 0 Å². The number of halogens is 1. The summed E-state index contributed by atoms with van der Waals surface area (Å²) in [7, 11) is 0. The second-order valence-corrected chi connectivity index (χ2v) is 4.17. The number of anilines is 1. The number of hydrogen-bond donors (Lipinski definition) is 2. The van der Waals surface area contributed by atoms with Crippen molar-refractivity contribution in [2.75, 3.05) is 5.32 Å². The Hall–Kier alpha value is -2.21. The van der Waals surface area contributed by atoms with E-state index in [4.69, 9.17) is 11.6 Å². The molecule has 6 nitrogen and oxygen atoms in total. The van der Waals surface area contributed by atoms with Gasteiger partial charge in [0.25, 0.3) is 5.91 Å². The molecule has 0 aromatic carbocycles. The predicted octanol–water partition coefficient (Wildman–Crippen LogP) is 1.65. The number of nitrogens with one attached hydrogen (secondary N) is 2. The Kier molecular flexibility index (Phi) is 2.38. The number of aromatic nitrogens is 4. The number of fused-ring (bicyclic) bond motifs is 1. The van der Waals surface area contributed by atoms with Gasteiger partial charge in [0.2, 0.25) is 0 Å². The summed E-state index contributed by atoms with van der Waals surface area (Å²) < 4.78 is 0. The van der Waals surface area contributed by atoms with Gasteiger partial charge < -0.3 is 10.3 Å². The van der Waals surface area contributed by atoms with Crippen molar-refractivity contribution in [3.63, 3.8) is 0 Å². The van der Waals surface area contributed by atoms with Gasteiger partial charge >= 0.3 is 0 Å². The molecule has 0 radical (unpaired) electrons. The van der Waals surface area contributed by atoms with Crippen molar-refractivity contribution >= 4 is 35.0 Å². The highest BCUT2D eigenvalue weighted by atomic mass is 35.5. The lowest BCUT2D eigenvalue weighted by Crippen LogP contribution is -2.04. The Morgan fingerprint density at radius 3 is 2.89 bits per heavy atom. The average Bonchev–Trinajstić information content (AvgIpc) is 2.86. The molecule has 7 heteroatoms. The van der Waals surface area contributed by atoms with Crippen LogP contribution in [0, 0.1) is 6.92 Å². The first-order valence-electron chi connectivity index (χ1n) is 5.20. The van der Waals surface area contributed by atoms with Crippen LogP contribution in [-0.2, 0) is 4.79 Å². The lowest BCUT2D eigenvalue weighted by molar-refractivity contribution is -0.110. The Balaban J connectivity index is 2.18. The minimum Gasteiger partial charge on any atom is -0.348 e. The van der Waals surface area contributed by atoms with Gasteiger partial charge in [0.15, 0.2) is 0 Å². The van der Waals surface area contributed by atoms with Gasteiger partial charge in [-0.1, -0.05) is 11.6 Å². The normalized spacial score (nSPS) is 15.9. The second-order valence-electron chi connectivity index (χ2n) is 3.81. The van der Waals surface area contributed by atoms with E-state index in [1.807, 2.05) is 6.92 Å². The standard InChI is InChI=1S/C11H8ClN5O/c1-5-7(14-3-13-5)2-6-8-9(12)15-4-16-10(8)17-11(6)18/h2-4H,1H3,(H,13,14)(H,15,16,17,18). The molecule has 1 aliphatic rings. The van der Waals surface area contributed by atoms with Gasteiger partial charge in [-0.3, -0.25) is 4.79 Å². The van der Waals surface area contributed by atoms with E-state index in [0.29, 0.717) is 22.6 Å². The SMILES string of the molecule is Cc1[nH]cnc1C=C1C(=O)Nc2ncnc(Cl)c21. The zero-order valence-corrected chi connectivity index (χ0v) is 10.1. The number of H-pyrrole nitrogens is 1. The zero-order valence-electron chi connectivity index (χ0n) is 9.36. The molecule has 0 bridgehead atoms. The van der Waals surface area contributed by atoms with E-state index >= 15 is 0 Å². The molecule has 0 unspecified atom stereocenters. The molecule has 90 valence electrons. The number of carbonyl (C=O) groups excluding carboxylic acids is 1. The third kappa shape index (κ3) is 1.58. The third-order valence-electron chi connectivity index (χ3n) is 2.70. The van der Waals surface area contributed by atoms with Gasteiger partial charge in [0, 0.05) is 5.69 Å². The van der Waals surface area contributed by atoms with E-state index in [2.05, 4.69) is 25.3 Å². The smallest absolute Gasteiger partial charge is 0.257 e. The minimum atomic E-state index is -0.255. The quantitative estimate of drug-likeness (QED) is 0.604. The lowest BCUT2D eigenvalue weighted by Gasteiger charge is -1.98. The lowest BCUT2D eigenvalue weighted by atomic mass is 10.1. The monoisotopic (exact) mass is 261 g/mol. The number of nitrogens with zero attached hydrogens (tertiary/aromatic N) is 3. The minimum absolute atomic E-state index is 0.248. The number of rotatable bonds is 1. The summed E-state index contributed by atoms with van der Waals surface area (Å²) in [5.74, 6) is 0.175. The summed E-state index contributed by atoms with van der Waals surface area (Å²) in [5.41, 5.74) is 2.50. The maximum absolute atomic E-state index is 11.9.